The van der Waals surface area contributed by atoms with E-state index in [1.165, 1.54) is 9.80 Å². The highest BCUT2D eigenvalue weighted by Crippen LogP contribution is 2.16. The second-order valence-electron chi connectivity index (χ2n) is 7.51. The molecule has 2 rings (SSSR count). The Morgan fingerprint density at radius 2 is 1.17 bits per heavy atom. The number of nitrogens with one attached hydrogen (secondary N) is 2. The van der Waals surface area contributed by atoms with Crippen LogP contribution in [0.3, 0.4) is 0 Å². The molecule has 2 atom stereocenters. The van der Waals surface area contributed by atoms with Crippen molar-refractivity contribution in [3.8, 4) is 12.1 Å². The molecular formula is C20H28N6O4. The second-order valence-corrected chi connectivity index (χ2v) is 7.51. The minimum atomic E-state index is -0.406. The molecule has 2 N–H and O–H groups in total. The lowest BCUT2D eigenvalue weighted by molar-refractivity contribution is -0.133. The third-order valence-electron chi connectivity index (χ3n) is 5.38. The van der Waals surface area contributed by atoms with Gasteiger partial charge in [-0.15, -0.1) is 0 Å². The quantitative estimate of drug-likeness (QED) is 0.498. The average molecular weight is 416 g/mol. The molecule has 2 saturated heterocycles. The monoisotopic (exact) mass is 416 g/mol. The highest BCUT2D eigenvalue weighted by atomic mass is 16.2. The van der Waals surface area contributed by atoms with Gasteiger partial charge in [-0.1, -0.05) is 0 Å². The predicted molar refractivity (Wildman–Crippen MR) is 105 cm³/mol. The number of rotatable bonds is 9. The first-order chi connectivity index (χ1) is 14.5. The molecule has 4 amide bonds. The molecule has 0 aromatic heterocycles. The number of unbranched alkanes of at least 4 members (excludes halogenated alkanes) is 1. The van der Waals surface area contributed by atoms with Gasteiger partial charge in [0.1, 0.15) is 12.1 Å². The maximum absolute atomic E-state index is 12.1. The zero-order valence-corrected chi connectivity index (χ0v) is 17.1. The van der Waals surface area contributed by atoms with Crippen LogP contribution in [-0.2, 0) is 19.2 Å². The van der Waals surface area contributed by atoms with Gasteiger partial charge in [0.25, 0.3) is 0 Å². The number of nitrogens with zero attached hydrogens (tertiary/aromatic N) is 4. The lowest BCUT2D eigenvalue weighted by Crippen LogP contribution is -2.42. The van der Waals surface area contributed by atoms with E-state index in [0.29, 0.717) is 38.8 Å². The first-order valence-corrected chi connectivity index (χ1v) is 10.4. The summed E-state index contributed by atoms with van der Waals surface area (Å²) in [6.45, 7) is 0.832. The van der Waals surface area contributed by atoms with Crippen molar-refractivity contribution in [2.24, 2.45) is 0 Å². The molecule has 0 spiro atoms. The van der Waals surface area contributed by atoms with Crippen molar-refractivity contribution < 1.29 is 19.2 Å². The molecule has 2 aliphatic rings. The van der Waals surface area contributed by atoms with Crippen molar-refractivity contribution in [2.75, 3.05) is 26.2 Å². The van der Waals surface area contributed by atoms with Gasteiger partial charge in [-0.2, -0.15) is 10.5 Å². The van der Waals surface area contributed by atoms with E-state index in [1.54, 1.807) is 0 Å². The van der Waals surface area contributed by atoms with E-state index in [0.717, 1.165) is 12.8 Å². The van der Waals surface area contributed by atoms with Crippen LogP contribution < -0.4 is 10.6 Å². The Morgan fingerprint density at radius 1 is 0.767 bits per heavy atom. The van der Waals surface area contributed by atoms with Gasteiger partial charge in [0, 0.05) is 25.9 Å². The van der Waals surface area contributed by atoms with Crippen molar-refractivity contribution in [3.05, 3.63) is 0 Å². The molecule has 2 fully saturated rings. The third-order valence-corrected chi connectivity index (χ3v) is 5.38. The molecule has 30 heavy (non-hydrogen) atoms. The molecule has 0 bridgehead atoms. The molecule has 0 aliphatic carbocycles. The molecular weight excluding hydrogens is 388 g/mol. The van der Waals surface area contributed by atoms with Gasteiger partial charge in [-0.05, 0) is 38.5 Å². The van der Waals surface area contributed by atoms with E-state index in [9.17, 15) is 19.2 Å². The Bertz CT molecular complexity index is 679. The summed E-state index contributed by atoms with van der Waals surface area (Å²) in [5.74, 6) is -1.06. The first-order valence-electron chi connectivity index (χ1n) is 10.4. The van der Waals surface area contributed by atoms with Gasteiger partial charge in [0.15, 0.2) is 0 Å². The lowest BCUT2D eigenvalue weighted by Gasteiger charge is -2.19. The number of hydrogen-bond donors (Lipinski definition) is 2. The van der Waals surface area contributed by atoms with Crippen LogP contribution in [0.1, 0.15) is 51.4 Å². The van der Waals surface area contributed by atoms with Gasteiger partial charge < -0.3 is 20.4 Å². The van der Waals surface area contributed by atoms with E-state index >= 15 is 0 Å². The van der Waals surface area contributed by atoms with Crippen LogP contribution in [0.15, 0.2) is 0 Å². The van der Waals surface area contributed by atoms with Crippen molar-refractivity contribution in [3.63, 3.8) is 0 Å². The molecule has 0 radical (unpaired) electrons. The van der Waals surface area contributed by atoms with E-state index in [-0.39, 0.29) is 49.6 Å². The molecule has 2 heterocycles. The normalized spacial score (nSPS) is 20.3. The summed E-state index contributed by atoms with van der Waals surface area (Å²) in [4.78, 5) is 50.8. The molecule has 162 valence electrons. The number of amides is 4. The molecule has 0 aromatic carbocycles. The van der Waals surface area contributed by atoms with E-state index in [4.69, 9.17) is 10.5 Å². The average Bonchev–Trinajstić information content (AvgIpc) is 3.42. The smallest absolute Gasteiger partial charge is 0.243 e. The summed E-state index contributed by atoms with van der Waals surface area (Å²) in [5, 5.41) is 23.1. The highest BCUT2D eigenvalue weighted by Gasteiger charge is 2.29. The Morgan fingerprint density at radius 3 is 1.53 bits per heavy atom. The maximum Gasteiger partial charge on any atom is 0.243 e. The predicted octanol–water partition coefficient (Wildman–Crippen LogP) is -0.192. The SMILES string of the molecule is N#CC1CCCN1C(=O)CNC(=O)CCCCC(=O)NCC(=O)N1CCCC1C#N. The number of carbonyl (C=O) groups is 4. The van der Waals surface area contributed by atoms with Crippen molar-refractivity contribution in [1.82, 2.24) is 20.4 Å². The Kier molecular flexibility index (Phi) is 9.07. The number of nitriles is 2. The summed E-state index contributed by atoms with van der Waals surface area (Å²) in [6, 6.07) is 3.37. The molecule has 10 nitrogen and oxygen atoms in total. The standard InChI is InChI=1S/C20H28N6O4/c21-11-15-5-3-9-25(15)19(29)13-23-17(27)7-1-2-8-18(28)24-14-20(30)26-10-4-6-16(26)12-22/h15-16H,1-10,13-14H2,(H,23,27)(H,24,28). The lowest BCUT2D eigenvalue weighted by atomic mass is 10.2. The molecule has 0 saturated carbocycles. The molecule has 10 heteroatoms. The van der Waals surface area contributed by atoms with Crippen molar-refractivity contribution in [1.29, 1.82) is 10.5 Å². The zero-order chi connectivity index (χ0) is 21.9. The van der Waals surface area contributed by atoms with Crippen molar-refractivity contribution in [2.45, 2.75) is 63.5 Å². The van der Waals surface area contributed by atoms with Crippen LogP contribution in [0.25, 0.3) is 0 Å². The van der Waals surface area contributed by atoms with Gasteiger partial charge in [-0.25, -0.2) is 0 Å². The van der Waals surface area contributed by atoms with Gasteiger partial charge in [0.2, 0.25) is 23.6 Å². The van der Waals surface area contributed by atoms with E-state index in [1.807, 2.05) is 0 Å². The fourth-order valence-corrected chi connectivity index (χ4v) is 3.70. The van der Waals surface area contributed by atoms with E-state index in [2.05, 4.69) is 22.8 Å². The van der Waals surface area contributed by atoms with Crippen LogP contribution in [0.4, 0.5) is 0 Å². The molecule has 2 unspecified atom stereocenters. The number of carbonyl (C=O) groups excluding carboxylic acids is 4. The fourth-order valence-electron chi connectivity index (χ4n) is 3.70. The Balaban J connectivity index is 1.54. The van der Waals surface area contributed by atoms with Crippen molar-refractivity contribution >= 4 is 23.6 Å². The fraction of sp³-hybridized carbons (Fsp3) is 0.700. The molecule has 0 aromatic rings. The summed E-state index contributed by atoms with van der Waals surface area (Å²) in [6.07, 6.45) is 4.27. The summed E-state index contributed by atoms with van der Waals surface area (Å²) in [7, 11) is 0. The number of hydrogen-bond acceptors (Lipinski definition) is 6. The summed E-state index contributed by atoms with van der Waals surface area (Å²) >= 11 is 0. The maximum atomic E-state index is 12.1. The van der Waals surface area contributed by atoms with Crippen LogP contribution in [0, 0.1) is 22.7 Å². The summed E-state index contributed by atoms with van der Waals surface area (Å²) < 4.78 is 0. The Labute approximate surface area is 176 Å². The molecule has 2 aliphatic heterocycles. The third kappa shape index (κ3) is 6.73. The largest absolute Gasteiger partial charge is 0.347 e. The zero-order valence-electron chi connectivity index (χ0n) is 17.1. The topological polar surface area (TPSA) is 146 Å². The minimum absolute atomic E-state index is 0.125. The van der Waals surface area contributed by atoms with Crippen LogP contribution in [0.5, 0.6) is 0 Å². The highest BCUT2D eigenvalue weighted by molar-refractivity contribution is 5.86. The van der Waals surface area contributed by atoms with Gasteiger partial charge in [-0.3, -0.25) is 19.2 Å². The Hall–Kier alpha value is -3.14. The van der Waals surface area contributed by atoms with Crippen LogP contribution >= 0.6 is 0 Å². The number of likely N-dealkylation sites (tertiary alicyclic amines) is 2. The van der Waals surface area contributed by atoms with Crippen LogP contribution in [-0.4, -0.2) is 71.7 Å². The summed E-state index contributed by atoms with van der Waals surface area (Å²) in [5.41, 5.74) is 0. The van der Waals surface area contributed by atoms with Crippen LogP contribution in [0.2, 0.25) is 0 Å². The first kappa shape index (κ1) is 23.1. The van der Waals surface area contributed by atoms with Gasteiger partial charge >= 0.3 is 0 Å². The second kappa shape index (κ2) is 11.8. The minimum Gasteiger partial charge on any atom is -0.347 e. The van der Waals surface area contributed by atoms with E-state index < -0.39 is 12.1 Å². The van der Waals surface area contributed by atoms with Gasteiger partial charge in [0.05, 0.1) is 25.2 Å².